The van der Waals surface area contributed by atoms with E-state index in [0.29, 0.717) is 11.8 Å². The maximum Gasteiger partial charge on any atom is 0.185 e. The van der Waals surface area contributed by atoms with Gasteiger partial charge in [-0.05, 0) is 125 Å². The summed E-state index contributed by atoms with van der Waals surface area (Å²) >= 11 is 7.26. The Hall–Kier alpha value is -1.37. The van der Waals surface area contributed by atoms with Gasteiger partial charge in [-0.1, -0.05) is 23.8 Å². The lowest BCUT2D eigenvalue weighted by molar-refractivity contribution is 0.168. The number of rotatable bonds is 8. The van der Waals surface area contributed by atoms with Gasteiger partial charge in [-0.15, -0.1) is 0 Å². The number of hydrogen-bond donors (Lipinski definition) is 3. The molecule has 3 rings (SSSR count). The summed E-state index contributed by atoms with van der Waals surface area (Å²) in [7, 11) is 0. The van der Waals surface area contributed by atoms with Crippen LogP contribution in [0.5, 0.6) is 0 Å². The van der Waals surface area contributed by atoms with Crippen LogP contribution in [0.15, 0.2) is 39.3 Å². The molecule has 0 heterocycles. The Morgan fingerprint density at radius 3 is 2.19 bits per heavy atom. The van der Waals surface area contributed by atoms with Crippen LogP contribution >= 0.6 is 31.9 Å². The molecule has 1 saturated carbocycles. The van der Waals surface area contributed by atoms with Gasteiger partial charge >= 0.3 is 0 Å². The summed E-state index contributed by atoms with van der Waals surface area (Å²) in [4.78, 5) is 2.64. The molecule has 32 heavy (non-hydrogen) atoms. The molecule has 1 fully saturated rings. The average Bonchev–Trinajstić information content (AvgIpc) is 2.72. The Balaban J connectivity index is 1.71. The smallest absolute Gasteiger partial charge is 0.185 e. The zero-order valence-electron chi connectivity index (χ0n) is 19.5. The van der Waals surface area contributed by atoms with E-state index in [-0.39, 0.29) is 5.96 Å². The maximum absolute atomic E-state index is 7.39. The van der Waals surface area contributed by atoms with Gasteiger partial charge in [-0.2, -0.15) is 0 Å². The zero-order valence-corrected chi connectivity index (χ0v) is 22.7. The van der Waals surface area contributed by atoms with E-state index in [1.54, 1.807) is 0 Å². The first-order valence-electron chi connectivity index (χ1n) is 11.5. The fraction of sp³-hybridized carbons (Fsp3) is 0.500. The van der Waals surface area contributed by atoms with Crippen LogP contribution in [0.3, 0.4) is 0 Å². The second-order valence-electron chi connectivity index (χ2n) is 9.48. The SMILES string of the molecule is Cc1cc(C)c(CN(Cc2ccc(Br)c(Br)c2)CC2CCC(CNC(=N)N)CC2)c(C)c1. The highest BCUT2D eigenvalue weighted by molar-refractivity contribution is 9.13. The summed E-state index contributed by atoms with van der Waals surface area (Å²) in [6, 6.07) is 11.2. The van der Waals surface area contributed by atoms with Gasteiger partial charge < -0.3 is 11.1 Å². The maximum atomic E-state index is 7.39. The Labute approximate surface area is 210 Å². The molecule has 4 nitrogen and oxygen atoms in total. The van der Waals surface area contributed by atoms with E-state index in [9.17, 15) is 0 Å². The molecule has 0 aromatic heterocycles. The fourth-order valence-corrected chi connectivity index (χ4v) is 5.67. The van der Waals surface area contributed by atoms with Crippen molar-refractivity contribution in [2.75, 3.05) is 13.1 Å². The van der Waals surface area contributed by atoms with Crippen molar-refractivity contribution >= 4 is 37.8 Å². The number of aryl methyl sites for hydroxylation is 3. The number of nitrogens with two attached hydrogens (primary N) is 1. The molecule has 2 aromatic rings. The van der Waals surface area contributed by atoms with E-state index in [4.69, 9.17) is 11.1 Å². The Morgan fingerprint density at radius 1 is 0.969 bits per heavy atom. The summed E-state index contributed by atoms with van der Waals surface area (Å²) in [5, 5.41) is 10.4. The number of hydrogen-bond acceptors (Lipinski definition) is 2. The van der Waals surface area contributed by atoms with Crippen molar-refractivity contribution in [2.24, 2.45) is 17.6 Å². The van der Waals surface area contributed by atoms with Gasteiger partial charge in [0.2, 0.25) is 0 Å². The Kier molecular flexibility index (Phi) is 9.21. The van der Waals surface area contributed by atoms with Crippen LogP contribution in [0.1, 0.15) is 53.5 Å². The third-order valence-corrected chi connectivity index (χ3v) is 8.56. The first-order valence-corrected chi connectivity index (χ1v) is 13.1. The standard InChI is InChI=1S/C26H36Br2N4/c1-17-10-18(2)23(19(3)11-17)16-32(15-22-8-9-24(27)25(28)12-22)14-21-6-4-20(5-7-21)13-31-26(29)30/h8-12,20-21H,4-7,13-16H2,1-3H3,(H4,29,30,31). The van der Waals surface area contributed by atoms with Crippen LogP contribution in [-0.4, -0.2) is 23.9 Å². The predicted octanol–water partition coefficient (Wildman–Crippen LogP) is 6.43. The van der Waals surface area contributed by atoms with Gasteiger partial charge in [0.1, 0.15) is 0 Å². The number of benzene rings is 2. The van der Waals surface area contributed by atoms with Crippen LogP contribution in [0, 0.1) is 38.0 Å². The topological polar surface area (TPSA) is 65.1 Å². The highest BCUT2D eigenvalue weighted by Gasteiger charge is 2.24. The predicted molar refractivity (Wildman–Crippen MR) is 142 cm³/mol. The van der Waals surface area contributed by atoms with Gasteiger partial charge in [0.25, 0.3) is 0 Å². The van der Waals surface area contributed by atoms with E-state index in [2.05, 4.69) is 93.2 Å². The molecule has 0 unspecified atom stereocenters. The summed E-state index contributed by atoms with van der Waals surface area (Å²) in [5.41, 5.74) is 12.4. The highest BCUT2D eigenvalue weighted by Crippen LogP contribution is 2.31. The van der Waals surface area contributed by atoms with E-state index in [1.807, 2.05) is 0 Å². The third kappa shape index (κ3) is 7.32. The van der Waals surface area contributed by atoms with Crippen molar-refractivity contribution < 1.29 is 0 Å². The molecule has 0 spiro atoms. The van der Waals surface area contributed by atoms with E-state index in [0.717, 1.165) is 35.1 Å². The van der Waals surface area contributed by atoms with Crippen molar-refractivity contribution in [1.29, 1.82) is 5.41 Å². The highest BCUT2D eigenvalue weighted by atomic mass is 79.9. The normalized spacial score (nSPS) is 18.7. The molecule has 174 valence electrons. The minimum absolute atomic E-state index is 0.0859. The van der Waals surface area contributed by atoms with Gasteiger partial charge in [0.15, 0.2) is 5.96 Å². The van der Waals surface area contributed by atoms with Crippen LogP contribution in [0.25, 0.3) is 0 Å². The second kappa shape index (κ2) is 11.7. The lowest BCUT2D eigenvalue weighted by Gasteiger charge is -2.33. The molecule has 1 aliphatic carbocycles. The van der Waals surface area contributed by atoms with Gasteiger partial charge in [-0.25, -0.2) is 0 Å². The number of nitrogens with one attached hydrogen (secondary N) is 2. The van der Waals surface area contributed by atoms with Crippen molar-refractivity contribution in [3.05, 3.63) is 67.1 Å². The molecule has 2 aromatic carbocycles. The molecular formula is C26H36Br2N4. The first-order chi connectivity index (χ1) is 15.2. The molecular weight excluding hydrogens is 528 g/mol. The minimum Gasteiger partial charge on any atom is -0.370 e. The average molecular weight is 564 g/mol. The summed E-state index contributed by atoms with van der Waals surface area (Å²) in [6.07, 6.45) is 4.92. The van der Waals surface area contributed by atoms with Crippen molar-refractivity contribution in [1.82, 2.24) is 10.2 Å². The van der Waals surface area contributed by atoms with E-state index < -0.39 is 0 Å². The third-order valence-electron chi connectivity index (χ3n) is 6.68. The van der Waals surface area contributed by atoms with Crippen LogP contribution in [0.2, 0.25) is 0 Å². The summed E-state index contributed by atoms with van der Waals surface area (Å²) < 4.78 is 2.20. The van der Waals surface area contributed by atoms with E-state index >= 15 is 0 Å². The van der Waals surface area contributed by atoms with Crippen LogP contribution < -0.4 is 11.1 Å². The monoisotopic (exact) mass is 562 g/mol. The number of nitrogens with zero attached hydrogens (tertiary/aromatic N) is 1. The molecule has 0 aliphatic heterocycles. The first kappa shape index (κ1) is 25.3. The van der Waals surface area contributed by atoms with Crippen LogP contribution in [-0.2, 0) is 13.1 Å². The summed E-state index contributed by atoms with van der Waals surface area (Å²) in [6.45, 7) is 10.6. The quantitative estimate of drug-likeness (QED) is 0.256. The minimum atomic E-state index is 0.0859. The Bertz CT molecular complexity index is 912. The van der Waals surface area contributed by atoms with Crippen molar-refractivity contribution in [3.8, 4) is 0 Å². The number of guanidine groups is 1. The molecule has 0 atom stereocenters. The molecule has 1 aliphatic rings. The largest absolute Gasteiger partial charge is 0.370 e. The molecule has 0 radical (unpaired) electrons. The molecule has 4 N–H and O–H groups in total. The van der Waals surface area contributed by atoms with Crippen LogP contribution in [0.4, 0.5) is 0 Å². The fourth-order valence-electron chi connectivity index (χ4n) is 5.00. The number of halogens is 2. The van der Waals surface area contributed by atoms with Gasteiger partial charge in [0, 0.05) is 35.1 Å². The Morgan fingerprint density at radius 2 is 1.59 bits per heavy atom. The van der Waals surface area contributed by atoms with Gasteiger partial charge in [0.05, 0.1) is 0 Å². The van der Waals surface area contributed by atoms with Gasteiger partial charge in [-0.3, -0.25) is 10.3 Å². The molecule has 6 heteroatoms. The zero-order chi connectivity index (χ0) is 23.3. The van der Waals surface area contributed by atoms with E-state index in [1.165, 1.54) is 53.5 Å². The lowest BCUT2D eigenvalue weighted by atomic mass is 9.81. The lowest BCUT2D eigenvalue weighted by Crippen LogP contribution is -2.37. The van der Waals surface area contributed by atoms with Crippen molar-refractivity contribution in [2.45, 2.75) is 59.5 Å². The molecule has 0 saturated heterocycles. The second-order valence-corrected chi connectivity index (χ2v) is 11.2. The van der Waals surface area contributed by atoms with Crippen molar-refractivity contribution in [3.63, 3.8) is 0 Å². The molecule has 0 amide bonds. The molecule has 0 bridgehead atoms. The summed E-state index contributed by atoms with van der Waals surface area (Å²) in [5.74, 6) is 1.43.